The van der Waals surface area contributed by atoms with Crippen molar-refractivity contribution in [2.45, 2.75) is 13.8 Å². The lowest BCUT2D eigenvalue weighted by Crippen LogP contribution is -2.22. The summed E-state index contributed by atoms with van der Waals surface area (Å²) in [7, 11) is 0. The molecule has 0 bridgehead atoms. The van der Waals surface area contributed by atoms with Gasteiger partial charge in [0.25, 0.3) is 0 Å². The van der Waals surface area contributed by atoms with Crippen LogP contribution in [0.4, 0.5) is 0 Å². The third kappa shape index (κ3) is 3.44. The maximum atomic E-state index is 11.2. The first-order valence-corrected chi connectivity index (χ1v) is 4.72. The van der Waals surface area contributed by atoms with Crippen LogP contribution in [0.3, 0.4) is 0 Å². The van der Waals surface area contributed by atoms with E-state index in [2.05, 4.69) is 5.32 Å². The van der Waals surface area contributed by atoms with E-state index < -0.39 is 0 Å². The molecule has 1 N–H and O–H groups in total. The van der Waals surface area contributed by atoms with Crippen molar-refractivity contribution < 1.29 is 4.79 Å². The molecule has 0 unspecified atom stereocenters. The minimum Gasteiger partial charge on any atom is -0.332 e. The Balaban J connectivity index is 2.46. The quantitative estimate of drug-likeness (QED) is 0.777. The maximum absolute atomic E-state index is 11.2. The van der Waals surface area contributed by atoms with E-state index in [0.29, 0.717) is 0 Å². The Morgan fingerprint density at radius 2 is 1.93 bits per heavy atom. The van der Waals surface area contributed by atoms with Gasteiger partial charge >= 0.3 is 0 Å². The van der Waals surface area contributed by atoms with Gasteiger partial charge in [0.1, 0.15) is 0 Å². The van der Waals surface area contributed by atoms with Gasteiger partial charge in [-0.25, -0.2) is 0 Å². The van der Waals surface area contributed by atoms with Gasteiger partial charge in [-0.05, 0) is 11.6 Å². The summed E-state index contributed by atoms with van der Waals surface area (Å²) in [5, 5.41) is 2.71. The number of rotatable bonds is 3. The highest BCUT2D eigenvalue weighted by Crippen LogP contribution is 2.00. The number of hydrogen-bond donors (Lipinski definition) is 1. The molecule has 1 aromatic carbocycles. The minimum absolute atomic E-state index is 0.0235. The number of benzene rings is 1. The zero-order valence-electron chi connectivity index (χ0n) is 8.53. The summed E-state index contributed by atoms with van der Waals surface area (Å²) in [5.41, 5.74) is 1.08. The van der Waals surface area contributed by atoms with Gasteiger partial charge in [0, 0.05) is 12.1 Å². The van der Waals surface area contributed by atoms with Crippen LogP contribution in [0.5, 0.6) is 0 Å². The fourth-order valence-electron chi connectivity index (χ4n) is 0.951. The van der Waals surface area contributed by atoms with Crippen molar-refractivity contribution >= 4 is 12.0 Å². The Morgan fingerprint density at radius 1 is 1.29 bits per heavy atom. The number of carbonyl (C=O) groups is 1. The summed E-state index contributed by atoms with van der Waals surface area (Å²) in [4.78, 5) is 11.2. The minimum atomic E-state index is 0.0235. The molecule has 2 heteroatoms. The Hall–Kier alpha value is -1.57. The topological polar surface area (TPSA) is 29.1 Å². The maximum Gasteiger partial charge on any atom is 0.226 e. The van der Waals surface area contributed by atoms with Crippen molar-refractivity contribution in [2.24, 2.45) is 5.92 Å². The molecule has 0 heterocycles. The normalized spacial score (nSPS) is 10.8. The van der Waals surface area contributed by atoms with E-state index in [0.717, 1.165) is 5.56 Å². The largest absolute Gasteiger partial charge is 0.332 e. The van der Waals surface area contributed by atoms with Crippen LogP contribution in [-0.4, -0.2) is 5.91 Å². The van der Waals surface area contributed by atoms with Crippen molar-refractivity contribution in [1.82, 2.24) is 5.32 Å². The second-order valence-electron chi connectivity index (χ2n) is 3.41. The molecule has 0 fully saturated rings. The number of hydrogen-bond acceptors (Lipinski definition) is 1. The zero-order valence-corrected chi connectivity index (χ0v) is 8.53. The highest BCUT2D eigenvalue weighted by molar-refractivity contribution is 5.79. The van der Waals surface area contributed by atoms with Crippen LogP contribution in [0.25, 0.3) is 6.08 Å². The highest BCUT2D eigenvalue weighted by atomic mass is 16.1. The fraction of sp³-hybridized carbons (Fsp3) is 0.250. The van der Waals surface area contributed by atoms with Crippen LogP contribution in [0.15, 0.2) is 36.5 Å². The Kier molecular flexibility index (Phi) is 3.92. The van der Waals surface area contributed by atoms with Gasteiger partial charge < -0.3 is 5.32 Å². The van der Waals surface area contributed by atoms with Crippen LogP contribution in [0.2, 0.25) is 0 Å². The average molecular weight is 189 g/mol. The Bertz CT molecular complexity index is 314. The van der Waals surface area contributed by atoms with Gasteiger partial charge in [-0.1, -0.05) is 44.2 Å². The average Bonchev–Trinajstić information content (AvgIpc) is 2.19. The van der Waals surface area contributed by atoms with Crippen molar-refractivity contribution in [3.63, 3.8) is 0 Å². The van der Waals surface area contributed by atoms with E-state index in [-0.39, 0.29) is 11.8 Å². The molecule has 0 atom stereocenters. The lowest BCUT2D eigenvalue weighted by atomic mass is 10.2. The summed E-state index contributed by atoms with van der Waals surface area (Å²) in [6, 6.07) is 9.86. The smallest absolute Gasteiger partial charge is 0.226 e. The summed E-state index contributed by atoms with van der Waals surface area (Å²) >= 11 is 0. The lowest BCUT2D eigenvalue weighted by Gasteiger charge is -2.01. The summed E-state index contributed by atoms with van der Waals surface area (Å²) in [6.45, 7) is 3.73. The summed E-state index contributed by atoms with van der Waals surface area (Å²) in [5.74, 6) is 0.0626. The summed E-state index contributed by atoms with van der Waals surface area (Å²) < 4.78 is 0. The van der Waals surface area contributed by atoms with E-state index in [1.165, 1.54) is 0 Å². The van der Waals surface area contributed by atoms with Crippen molar-refractivity contribution in [1.29, 1.82) is 0 Å². The van der Waals surface area contributed by atoms with Crippen molar-refractivity contribution in [2.75, 3.05) is 0 Å². The third-order valence-corrected chi connectivity index (χ3v) is 1.83. The van der Waals surface area contributed by atoms with E-state index in [4.69, 9.17) is 0 Å². The van der Waals surface area contributed by atoms with Gasteiger partial charge in [0.15, 0.2) is 0 Å². The molecule has 0 spiro atoms. The molecule has 1 amide bonds. The van der Waals surface area contributed by atoms with Gasteiger partial charge in [-0.2, -0.15) is 0 Å². The molecule has 1 aromatic rings. The second-order valence-corrected chi connectivity index (χ2v) is 3.41. The molecular formula is C12H15NO. The molecular weight excluding hydrogens is 174 g/mol. The first-order chi connectivity index (χ1) is 6.70. The van der Waals surface area contributed by atoms with E-state index in [1.807, 2.05) is 50.3 Å². The van der Waals surface area contributed by atoms with Crippen LogP contribution >= 0.6 is 0 Å². The zero-order chi connectivity index (χ0) is 10.4. The molecule has 0 aliphatic heterocycles. The molecule has 0 aromatic heterocycles. The lowest BCUT2D eigenvalue weighted by molar-refractivity contribution is -0.122. The first-order valence-electron chi connectivity index (χ1n) is 4.72. The van der Waals surface area contributed by atoms with Gasteiger partial charge in [0.2, 0.25) is 5.91 Å². The number of carbonyl (C=O) groups excluding carboxylic acids is 1. The molecule has 0 aliphatic rings. The molecule has 14 heavy (non-hydrogen) atoms. The summed E-state index contributed by atoms with van der Waals surface area (Å²) in [6.07, 6.45) is 3.55. The molecule has 1 rings (SSSR count). The third-order valence-electron chi connectivity index (χ3n) is 1.83. The second kappa shape index (κ2) is 5.22. The predicted molar refractivity (Wildman–Crippen MR) is 58.5 cm³/mol. The molecule has 74 valence electrons. The molecule has 0 aliphatic carbocycles. The monoisotopic (exact) mass is 189 g/mol. The number of nitrogens with one attached hydrogen (secondary N) is 1. The van der Waals surface area contributed by atoms with Gasteiger partial charge in [0.05, 0.1) is 0 Å². The molecule has 0 saturated carbocycles. The highest BCUT2D eigenvalue weighted by Gasteiger charge is 2.02. The Labute approximate surface area is 84.6 Å². The molecule has 0 radical (unpaired) electrons. The first kappa shape index (κ1) is 10.5. The van der Waals surface area contributed by atoms with Gasteiger partial charge in [-0.15, -0.1) is 0 Å². The van der Waals surface area contributed by atoms with Crippen LogP contribution in [0, 0.1) is 5.92 Å². The van der Waals surface area contributed by atoms with Crippen molar-refractivity contribution in [3.05, 3.63) is 42.1 Å². The SMILES string of the molecule is CC(C)C(=O)NC=Cc1ccccc1. The van der Waals surface area contributed by atoms with Crippen LogP contribution in [0.1, 0.15) is 19.4 Å². The predicted octanol–water partition coefficient (Wildman–Crippen LogP) is 2.43. The molecule has 0 saturated heterocycles. The van der Waals surface area contributed by atoms with Crippen molar-refractivity contribution in [3.8, 4) is 0 Å². The van der Waals surface area contributed by atoms with E-state index in [9.17, 15) is 4.79 Å². The number of amides is 1. The standard InChI is InChI=1S/C12H15NO/c1-10(2)12(14)13-9-8-11-6-4-3-5-7-11/h3-10H,1-2H3,(H,13,14). The van der Waals surface area contributed by atoms with Crippen LogP contribution < -0.4 is 5.32 Å². The fourth-order valence-corrected chi connectivity index (χ4v) is 0.951. The molecule has 2 nitrogen and oxygen atoms in total. The van der Waals surface area contributed by atoms with E-state index in [1.54, 1.807) is 6.20 Å². The van der Waals surface area contributed by atoms with E-state index >= 15 is 0 Å². The van der Waals surface area contributed by atoms with Gasteiger partial charge in [-0.3, -0.25) is 4.79 Å². The van der Waals surface area contributed by atoms with Crippen LogP contribution in [-0.2, 0) is 4.79 Å². The Morgan fingerprint density at radius 3 is 2.50 bits per heavy atom.